The number of piperazine rings is 1. The lowest BCUT2D eigenvalue weighted by Crippen LogP contribution is -2.51. The van der Waals surface area contributed by atoms with Crippen LogP contribution in [0.1, 0.15) is 23.0 Å². The first-order valence-electron chi connectivity index (χ1n) is 7.18. The number of carbonyl (C=O) groups is 1. The molecule has 1 fully saturated rings. The van der Waals surface area contributed by atoms with Crippen molar-refractivity contribution in [3.05, 3.63) is 41.9 Å². The van der Waals surface area contributed by atoms with Gasteiger partial charge < -0.3 is 14.6 Å². The lowest BCUT2D eigenvalue weighted by molar-refractivity contribution is 0.0704. The number of aryl methyl sites for hydroxylation is 1. The highest BCUT2D eigenvalue weighted by Gasteiger charge is 2.26. The quantitative estimate of drug-likeness (QED) is 0.918. The Balaban J connectivity index is 1.88. The highest BCUT2D eigenvalue weighted by molar-refractivity contribution is 5.97. The summed E-state index contributed by atoms with van der Waals surface area (Å²) in [6.07, 6.45) is 1.34. The van der Waals surface area contributed by atoms with Crippen LogP contribution in [0, 0.1) is 6.92 Å². The highest BCUT2D eigenvalue weighted by atomic mass is 16.3. The fourth-order valence-corrected chi connectivity index (χ4v) is 2.57. The summed E-state index contributed by atoms with van der Waals surface area (Å²) in [5.74, 6) is 0.485. The first-order chi connectivity index (χ1) is 10.1. The average Bonchev–Trinajstić information content (AvgIpc) is 2.96. The predicted molar refractivity (Wildman–Crippen MR) is 80.0 cm³/mol. The molecule has 2 aromatic rings. The first-order valence-corrected chi connectivity index (χ1v) is 7.18. The molecule has 1 aromatic carbocycles. The van der Waals surface area contributed by atoms with Crippen LogP contribution in [0.4, 0.5) is 0 Å². The minimum absolute atomic E-state index is 0.0623. The number of hydrogen-bond donors (Lipinski definition) is 1. The Hall–Kier alpha value is -2.14. The maximum Gasteiger partial charge on any atom is 0.276 e. The average molecular weight is 285 g/mol. The molecule has 0 unspecified atom stereocenters. The molecule has 3 rings (SSSR count). The number of rotatable bonds is 2. The van der Waals surface area contributed by atoms with Gasteiger partial charge in [-0.2, -0.15) is 0 Å². The smallest absolute Gasteiger partial charge is 0.276 e. The van der Waals surface area contributed by atoms with Crippen molar-refractivity contribution < 1.29 is 9.21 Å². The molecule has 0 radical (unpaired) electrons. The van der Waals surface area contributed by atoms with Crippen LogP contribution in [0.25, 0.3) is 11.3 Å². The van der Waals surface area contributed by atoms with E-state index in [4.69, 9.17) is 4.42 Å². The van der Waals surface area contributed by atoms with Crippen LogP contribution in [0.2, 0.25) is 0 Å². The molecule has 1 N–H and O–H groups in total. The minimum atomic E-state index is -0.0623. The Bertz CT molecular complexity index is 633. The molecule has 1 atom stereocenters. The van der Waals surface area contributed by atoms with Crippen molar-refractivity contribution in [2.24, 2.45) is 0 Å². The molecule has 1 aliphatic heterocycles. The lowest BCUT2D eigenvalue weighted by Gasteiger charge is -2.31. The fraction of sp³-hybridized carbons (Fsp3) is 0.375. The van der Waals surface area contributed by atoms with Crippen molar-refractivity contribution in [2.75, 3.05) is 19.6 Å². The summed E-state index contributed by atoms with van der Waals surface area (Å²) in [5, 5.41) is 3.33. The van der Waals surface area contributed by atoms with Gasteiger partial charge in [-0.05, 0) is 13.8 Å². The van der Waals surface area contributed by atoms with E-state index in [1.54, 1.807) is 0 Å². The van der Waals surface area contributed by atoms with E-state index < -0.39 is 0 Å². The highest BCUT2D eigenvalue weighted by Crippen LogP contribution is 2.24. The van der Waals surface area contributed by atoms with Gasteiger partial charge in [0.25, 0.3) is 5.91 Å². The third kappa shape index (κ3) is 2.83. The summed E-state index contributed by atoms with van der Waals surface area (Å²) in [7, 11) is 0. The van der Waals surface area contributed by atoms with Gasteiger partial charge in [-0.25, -0.2) is 4.98 Å². The molecule has 1 aliphatic rings. The van der Waals surface area contributed by atoms with Gasteiger partial charge in [-0.3, -0.25) is 4.79 Å². The van der Waals surface area contributed by atoms with Gasteiger partial charge in [0.05, 0.1) is 0 Å². The van der Waals surface area contributed by atoms with Gasteiger partial charge in [0, 0.05) is 31.2 Å². The predicted octanol–water partition coefficient (Wildman–Crippen LogP) is 2.08. The molecular weight excluding hydrogens is 266 g/mol. The zero-order chi connectivity index (χ0) is 14.8. The van der Waals surface area contributed by atoms with Crippen molar-refractivity contribution in [1.29, 1.82) is 0 Å². The van der Waals surface area contributed by atoms with Gasteiger partial charge in [0.2, 0.25) is 0 Å². The number of hydrogen-bond acceptors (Lipinski definition) is 4. The second kappa shape index (κ2) is 5.69. The third-order valence-electron chi connectivity index (χ3n) is 3.74. The normalized spacial score (nSPS) is 18.8. The van der Waals surface area contributed by atoms with Gasteiger partial charge in [-0.1, -0.05) is 29.8 Å². The summed E-state index contributed by atoms with van der Waals surface area (Å²) >= 11 is 0. The third-order valence-corrected chi connectivity index (χ3v) is 3.74. The van der Waals surface area contributed by atoms with Crippen molar-refractivity contribution >= 4 is 5.91 Å². The van der Waals surface area contributed by atoms with Gasteiger partial charge >= 0.3 is 0 Å². The molecule has 21 heavy (non-hydrogen) atoms. The van der Waals surface area contributed by atoms with E-state index in [0.29, 0.717) is 30.6 Å². The Morgan fingerprint density at radius 1 is 1.38 bits per heavy atom. The van der Waals surface area contributed by atoms with Crippen LogP contribution in [0.15, 0.2) is 35.1 Å². The minimum Gasteiger partial charge on any atom is -0.443 e. The van der Waals surface area contributed by atoms with Gasteiger partial charge in [0.1, 0.15) is 0 Å². The molecule has 2 heterocycles. The summed E-state index contributed by atoms with van der Waals surface area (Å²) in [6.45, 7) is 6.30. The zero-order valence-electron chi connectivity index (χ0n) is 12.3. The standard InChI is InChI=1S/C16H19N3O2/c1-11-3-5-13(6-4-11)15-14(18-10-21-15)16(20)19-8-7-17-12(2)9-19/h3-6,10,12,17H,7-9H2,1-2H3/t12-/m1/s1. The monoisotopic (exact) mass is 285 g/mol. The molecule has 110 valence electrons. The molecule has 1 saturated heterocycles. The van der Waals surface area contributed by atoms with E-state index in [2.05, 4.69) is 17.2 Å². The number of amides is 1. The second-order valence-corrected chi connectivity index (χ2v) is 5.50. The number of nitrogens with zero attached hydrogens (tertiary/aromatic N) is 2. The van der Waals surface area contributed by atoms with Crippen molar-refractivity contribution in [3.8, 4) is 11.3 Å². The molecule has 5 nitrogen and oxygen atoms in total. The second-order valence-electron chi connectivity index (χ2n) is 5.50. The van der Waals surface area contributed by atoms with Crippen LogP contribution in [-0.4, -0.2) is 41.5 Å². The summed E-state index contributed by atoms with van der Waals surface area (Å²) in [6, 6.07) is 8.20. The topological polar surface area (TPSA) is 58.4 Å². The van der Waals surface area contributed by atoms with Crippen molar-refractivity contribution in [2.45, 2.75) is 19.9 Å². The van der Waals surface area contributed by atoms with Crippen molar-refractivity contribution in [3.63, 3.8) is 0 Å². The molecule has 1 aromatic heterocycles. The van der Waals surface area contributed by atoms with Gasteiger partial charge in [-0.15, -0.1) is 0 Å². The zero-order valence-corrected chi connectivity index (χ0v) is 12.3. The van der Waals surface area contributed by atoms with E-state index in [-0.39, 0.29) is 5.91 Å². The lowest BCUT2D eigenvalue weighted by atomic mass is 10.1. The SMILES string of the molecule is Cc1ccc(-c2ocnc2C(=O)N2CCN[C@H](C)C2)cc1. The van der Waals surface area contributed by atoms with E-state index in [1.165, 1.54) is 12.0 Å². The fourth-order valence-electron chi connectivity index (χ4n) is 2.57. The van der Waals surface area contributed by atoms with Gasteiger partial charge in [0.15, 0.2) is 17.8 Å². The molecule has 0 aliphatic carbocycles. The maximum atomic E-state index is 12.6. The summed E-state index contributed by atoms with van der Waals surface area (Å²) < 4.78 is 5.46. The van der Waals surface area contributed by atoms with Crippen LogP contribution < -0.4 is 5.32 Å². The Labute approximate surface area is 124 Å². The molecule has 1 amide bonds. The number of nitrogens with one attached hydrogen (secondary N) is 1. The Morgan fingerprint density at radius 3 is 2.86 bits per heavy atom. The Morgan fingerprint density at radius 2 is 2.14 bits per heavy atom. The number of benzene rings is 1. The largest absolute Gasteiger partial charge is 0.443 e. The molecule has 0 bridgehead atoms. The van der Waals surface area contributed by atoms with E-state index >= 15 is 0 Å². The van der Waals surface area contributed by atoms with E-state index in [9.17, 15) is 4.79 Å². The van der Waals surface area contributed by atoms with E-state index in [1.807, 2.05) is 36.1 Å². The number of oxazole rings is 1. The van der Waals surface area contributed by atoms with E-state index in [0.717, 1.165) is 12.1 Å². The summed E-state index contributed by atoms with van der Waals surface area (Å²) in [5.41, 5.74) is 2.44. The summed E-state index contributed by atoms with van der Waals surface area (Å²) in [4.78, 5) is 18.6. The molecule has 0 saturated carbocycles. The van der Waals surface area contributed by atoms with Crippen molar-refractivity contribution in [1.82, 2.24) is 15.2 Å². The van der Waals surface area contributed by atoms with Crippen LogP contribution >= 0.6 is 0 Å². The number of aromatic nitrogens is 1. The molecular formula is C16H19N3O2. The number of carbonyl (C=O) groups excluding carboxylic acids is 1. The van der Waals surface area contributed by atoms with Crippen LogP contribution in [0.5, 0.6) is 0 Å². The first kappa shape index (κ1) is 13.8. The Kier molecular flexibility index (Phi) is 3.75. The molecule has 0 spiro atoms. The van der Waals surface area contributed by atoms with Crippen LogP contribution in [-0.2, 0) is 0 Å². The van der Waals surface area contributed by atoms with Crippen LogP contribution in [0.3, 0.4) is 0 Å². The molecule has 5 heteroatoms. The maximum absolute atomic E-state index is 12.6.